The predicted molar refractivity (Wildman–Crippen MR) is 172 cm³/mol. The number of rotatable bonds is 13. The van der Waals surface area contributed by atoms with E-state index in [4.69, 9.17) is 14.2 Å². The molecule has 2 heterocycles. The van der Waals surface area contributed by atoms with E-state index < -0.39 is 17.7 Å². The molecule has 1 aromatic heterocycles. The van der Waals surface area contributed by atoms with Crippen LogP contribution in [0.25, 0.3) is 5.76 Å². The summed E-state index contributed by atoms with van der Waals surface area (Å²) in [6.07, 6.45) is 0.842. The summed E-state index contributed by atoms with van der Waals surface area (Å²) in [7, 11) is 0. The average Bonchev–Trinajstić information content (AvgIpc) is 3.62. The molecule has 1 saturated heterocycles. The lowest BCUT2D eigenvalue weighted by atomic mass is 9.95. The summed E-state index contributed by atoms with van der Waals surface area (Å²) < 4.78 is 31.1. The minimum Gasteiger partial charge on any atom is -0.507 e. The summed E-state index contributed by atoms with van der Waals surface area (Å²) in [5.74, 6) is -0.270. The van der Waals surface area contributed by atoms with Gasteiger partial charge in [0.05, 0.1) is 31.4 Å². The first kappa shape index (κ1) is 32.0. The molecule has 0 radical (unpaired) electrons. The standard InChI is InChI=1S/C33H32FN3O6S2/c1-4-17-43-24-14-9-21(10-15-24)29(38)27-28(22-11-16-25(41-5-2)26(18-22)42-6-3)37(31(40)30(27)39)32-35-36-33(45-32)44-19-20-7-12-23(34)13-8-20/h7-16,18,28,38H,4-6,17,19H2,1-3H3. The summed E-state index contributed by atoms with van der Waals surface area (Å²) in [6, 6.07) is 17.0. The molecule has 0 aliphatic carbocycles. The monoisotopic (exact) mass is 649 g/mol. The maximum atomic E-state index is 13.7. The molecule has 4 aromatic rings. The van der Waals surface area contributed by atoms with E-state index in [0.717, 1.165) is 23.3 Å². The molecule has 12 heteroatoms. The Kier molecular flexibility index (Phi) is 10.4. The Balaban J connectivity index is 1.56. The summed E-state index contributed by atoms with van der Waals surface area (Å²) >= 11 is 2.52. The molecule has 1 unspecified atom stereocenters. The van der Waals surface area contributed by atoms with Crippen LogP contribution in [0.3, 0.4) is 0 Å². The second kappa shape index (κ2) is 14.6. The molecule has 1 fully saturated rings. The van der Waals surface area contributed by atoms with Gasteiger partial charge in [0.15, 0.2) is 15.8 Å². The number of thioether (sulfide) groups is 1. The first-order valence-corrected chi connectivity index (χ1v) is 16.3. The highest BCUT2D eigenvalue weighted by Gasteiger charge is 2.48. The van der Waals surface area contributed by atoms with E-state index in [1.165, 1.54) is 28.8 Å². The molecule has 3 aromatic carbocycles. The molecule has 1 amide bonds. The molecule has 1 atom stereocenters. The topological polar surface area (TPSA) is 111 Å². The maximum absolute atomic E-state index is 13.7. The molecular weight excluding hydrogens is 618 g/mol. The van der Waals surface area contributed by atoms with Crippen molar-refractivity contribution >= 4 is 45.7 Å². The van der Waals surface area contributed by atoms with Crippen molar-refractivity contribution in [2.24, 2.45) is 0 Å². The molecule has 1 aliphatic heterocycles. The van der Waals surface area contributed by atoms with Crippen molar-refractivity contribution in [3.63, 3.8) is 0 Å². The Labute approximate surface area is 268 Å². The van der Waals surface area contributed by atoms with Crippen LogP contribution in [0.1, 0.15) is 49.9 Å². The van der Waals surface area contributed by atoms with Crippen LogP contribution in [0, 0.1) is 5.82 Å². The molecule has 1 N–H and O–H groups in total. The van der Waals surface area contributed by atoms with Crippen LogP contribution in [0.4, 0.5) is 9.52 Å². The number of anilines is 1. The zero-order valence-electron chi connectivity index (χ0n) is 25.0. The highest BCUT2D eigenvalue weighted by molar-refractivity contribution is 8.00. The molecule has 5 rings (SSSR count). The van der Waals surface area contributed by atoms with Crippen molar-refractivity contribution in [3.8, 4) is 17.2 Å². The number of amides is 1. The van der Waals surface area contributed by atoms with Crippen LogP contribution in [-0.2, 0) is 15.3 Å². The van der Waals surface area contributed by atoms with Gasteiger partial charge in [0.2, 0.25) is 5.13 Å². The number of benzene rings is 3. The van der Waals surface area contributed by atoms with Crippen LogP contribution in [0.5, 0.6) is 17.2 Å². The molecule has 234 valence electrons. The lowest BCUT2D eigenvalue weighted by Gasteiger charge is -2.23. The first-order valence-electron chi connectivity index (χ1n) is 14.5. The van der Waals surface area contributed by atoms with E-state index in [9.17, 15) is 19.1 Å². The third-order valence-corrected chi connectivity index (χ3v) is 8.93. The van der Waals surface area contributed by atoms with Gasteiger partial charge in [-0.3, -0.25) is 14.5 Å². The van der Waals surface area contributed by atoms with Gasteiger partial charge in [-0.2, -0.15) is 0 Å². The van der Waals surface area contributed by atoms with Crippen LogP contribution >= 0.6 is 23.1 Å². The van der Waals surface area contributed by atoms with E-state index in [-0.39, 0.29) is 22.3 Å². The Hall–Kier alpha value is -4.42. The maximum Gasteiger partial charge on any atom is 0.301 e. The molecule has 0 saturated carbocycles. The minimum absolute atomic E-state index is 0.0930. The van der Waals surface area contributed by atoms with Crippen LogP contribution in [0.15, 0.2) is 76.6 Å². The Morgan fingerprint density at radius 3 is 2.33 bits per heavy atom. The second-order valence-electron chi connectivity index (χ2n) is 9.88. The van der Waals surface area contributed by atoms with Crippen LogP contribution in [0.2, 0.25) is 0 Å². The van der Waals surface area contributed by atoms with Gasteiger partial charge in [-0.25, -0.2) is 4.39 Å². The smallest absolute Gasteiger partial charge is 0.301 e. The number of carbonyl (C=O) groups is 2. The number of nitrogens with zero attached hydrogens (tertiary/aromatic N) is 3. The van der Waals surface area contributed by atoms with Crippen molar-refractivity contribution in [2.75, 3.05) is 24.7 Å². The number of aliphatic hydroxyl groups excluding tert-OH is 1. The molecule has 1 aliphatic rings. The zero-order valence-corrected chi connectivity index (χ0v) is 26.6. The fraction of sp³-hybridized carbons (Fsp3) is 0.273. The fourth-order valence-corrected chi connectivity index (χ4v) is 6.57. The van der Waals surface area contributed by atoms with Crippen molar-refractivity contribution < 1.29 is 33.3 Å². The molecule has 0 bridgehead atoms. The van der Waals surface area contributed by atoms with E-state index in [1.807, 2.05) is 20.8 Å². The third kappa shape index (κ3) is 7.12. The number of hydrogen-bond acceptors (Lipinski definition) is 10. The minimum atomic E-state index is -1.03. The number of carbonyl (C=O) groups excluding carboxylic acids is 2. The largest absolute Gasteiger partial charge is 0.507 e. The van der Waals surface area contributed by atoms with E-state index in [0.29, 0.717) is 58.3 Å². The van der Waals surface area contributed by atoms with E-state index in [2.05, 4.69) is 10.2 Å². The van der Waals surface area contributed by atoms with Crippen LogP contribution < -0.4 is 19.1 Å². The molecular formula is C33H32FN3O6S2. The number of aliphatic hydroxyl groups is 1. The predicted octanol–water partition coefficient (Wildman–Crippen LogP) is 7.18. The molecule has 9 nitrogen and oxygen atoms in total. The lowest BCUT2D eigenvalue weighted by Crippen LogP contribution is -2.29. The number of hydrogen-bond donors (Lipinski definition) is 1. The van der Waals surface area contributed by atoms with Crippen molar-refractivity contribution in [2.45, 2.75) is 43.3 Å². The average molecular weight is 650 g/mol. The quantitative estimate of drug-likeness (QED) is 0.0529. The normalized spacial score (nSPS) is 15.8. The van der Waals surface area contributed by atoms with Gasteiger partial charge in [-0.15, -0.1) is 10.2 Å². The number of Topliss-reactive ketones (excluding diaryl/α,β-unsaturated/α-hetero) is 1. The summed E-state index contributed by atoms with van der Waals surface area (Å²) in [5.41, 5.74) is 1.67. The van der Waals surface area contributed by atoms with Crippen molar-refractivity contribution in [1.82, 2.24) is 10.2 Å². The van der Waals surface area contributed by atoms with Gasteiger partial charge >= 0.3 is 5.91 Å². The van der Waals surface area contributed by atoms with E-state index >= 15 is 0 Å². The number of halogens is 1. The van der Waals surface area contributed by atoms with Crippen LogP contribution in [-0.4, -0.2) is 46.8 Å². The zero-order chi connectivity index (χ0) is 31.9. The summed E-state index contributed by atoms with van der Waals surface area (Å²) in [5, 5.41) is 20.2. The highest BCUT2D eigenvalue weighted by atomic mass is 32.2. The van der Waals surface area contributed by atoms with Gasteiger partial charge < -0.3 is 19.3 Å². The number of ether oxygens (including phenoxy) is 3. The molecule has 45 heavy (non-hydrogen) atoms. The van der Waals surface area contributed by atoms with Gasteiger partial charge in [0, 0.05) is 11.3 Å². The van der Waals surface area contributed by atoms with Gasteiger partial charge in [-0.05, 0) is 79.9 Å². The fourth-order valence-electron chi connectivity index (χ4n) is 4.75. The number of ketones is 1. The van der Waals surface area contributed by atoms with Gasteiger partial charge in [0.25, 0.3) is 5.78 Å². The van der Waals surface area contributed by atoms with Gasteiger partial charge in [-0.1, -0.05) is 48.2 Å². The summed E-state index contributed by atoms with van der Waals surface area (Å²) in [4.78, 5) is 28.6. The van der Waals surface area contributed by atoms with E-state index in [1.54, 1.807) is 54.6 Å². The SMILES string of the molecule is CCCOc1ccc(C(O)=C2C(=O)C(=O)N(c3nnc(SCc4ccc(F)cc4)s3)C2c2ccc(OCC)c(OCC)c2)cc1. The van der Waals surface area contributed by atoms with Gasteiger partial charge in [0.1, 0.15) is 17.3 Å². The Morgan fingerprint density at radius 1 is 0.933 bits per heavy atom. The lowest BCUT2D eigenvalue weighted by molar-refractivity contribution is -0.132. The molecule has 0 spiro atoms. The Morgan fingerprint density at radius 2 is 1.64 bits per heavy atom. The highest BCUT2D eigenvalue weighted by Crippen LogP contribution is 2.45. The third-order valence-electron chi connectivity index (χ3n) is 6.81. The summed E-state index contributed by atoms with van der Waals surface area (Å²) in [6.45, 7) is 7.03. The van der Waals surface area contributed by atoms with Crippen molar-refractivity contribution in [3.05, 3.63) is 94.8 Å². The number of aromatic nitrogens is 2. The van der Waals surface area contributed by atoms with Crippen molar-refractivity contribution in [1.29, 1.82) is 0 Å². The second-order valence-corrected chi connectivity index (χ2v) is 12.1. The Bertz CT molecular complexity index is 1690. The first-order chi connectivity index (χ1) is 21.8.